The van der Waals surface area contributed by atoms with Gasteiger partial charge in [0.15, 0.2) is 5.96 Å². The summed E-state index contributed by atoms with van der Waals surface area (Å²) in [7, 11) is 1.81. The number of benzene rings is 1. The van der Waals surface area contributed by atoms with Crippen LogP contribution in [0.5, 0.6) is 0 Å². The summed E-state index contributed by atoms with van der Waals surface area (Å²) in [5.41, 5.74) is 3.59. The van der Waals surface area contributed by atoms with Crippen molar-refractivity contribution in [3.05, 3.63) is 47.3 Å². The predicted molar refractivity (Wildman–Crippen MR) is 123 cm³/mol. The third-order valence-corrected chi connectivity index (χ3v) is 4.86. The van der Waals surface area contributed by atoms with Crippen molar-refractivity contribution in [1.29, 1.82) is 0 Å². The van der Waals surface area contributed by atoms with E-state index in [4.69, 9.17) is 0 Å². The molecule has 0 unspecified atom stereocenters. The maximum absolute atomic E-state index is 4.48. The quantitative estimate of drug-likeness (QED) is 0.196. The number of nitrogens with one attached hydrogen (secondary N) is 2. The molecule has 2 aromatic rings. The highest BCUT2D eigenvalue weighted by atomic mass is 127. The Kier molecular flexibility index (Phi) is 10.7. The Hall–Kier alpha value is -1.22. The summed E-state index contributed by atoms with van der Waals surface area (Å²) in [6.07, 6.45) is 1.01. The largest absolute Gasteiger partial charge is 0.356 e. The van der Waals surface area contributed by atoms with Gasteiger partial charge in [-0.2, -0.15) is 5.10 Å². The van der Waals surface area contributed by atoms with Gasteiger partial charge in [-0.05, 0) is 45.4 Å². The molecule has 144 valence electrons. The number of hydrogen-bond acceptors (Lipinski definition) is 3. The average molecular weight is 487 g/mol. The molecule has 7 heteroatoms. The molecule has 5 nitrogen and oxygen atoms in total. The molecule has 26 heavy (non-hydrogen) atoms. The van der Waals surface area contributed by atoms with Gasteiger partial charge in [0.05, 0.1) is 5.69 Å². The SMILES string of the molecule is CN=C(NCCCn1nc(C)cc1C)NCCSc1ccc(C)cc1.I. The maximum atomic E-state index is 4.48. The molecule has 0 bridgehead atoms. The molecular formula is C19H30IN5S. The Morgan fingerprint density at radius 3 is 2.42 bits per heavy atom. The zero-order valence-corrected chi connectivity index (χ0v) is 19.2. The second kappa shape index (κ2) is 12.2. The van der Waals surface area contributed by atoms with Gasteiger partial charge in [0.2, 0.25) is 0 Å². The molecule has 0 atom stereocenters. The lowest BCUT2D eigenvalue weighted by Crippen LogP contribution is -2.39. The maximum Gasteiger partial charge on any atom is 0.191 e. The van der Waals surface area contributed by atoms with Crippen LogP contribution in [0, 0.1) is 20.8 Å². The molecule has 1 aromatic carbocycles. The number of guanidine groups is 1. The lowest BCUT2D eigenvalue weighted by atomic mass is 10.2. The van der Waals surface area contributed by atoms with Crippen LogP contribution in [0.4, 0.5) is 0 Å². The number of aryl methyl sites for hydroxylation is 4. The summed E-state index contributed by atoms with van der Waals surface area (Å²) in [5, 5.41) is 11.2. The van der Waals surface area contributed by atoms with E-state index in [9.17, 15) is 0 Å². The predicted octanol–water partition coefficient (Wildman–Crippen LogP) is 3.77. The zero-order valence-electron chi connectivity index (χ0n) is 16.1. The Morgan fingerprint density at radius 2 is 1.81 bits per heavy atom. The minimum absolute atomic E-state index is 0. The number of hydrogen-bond donors (Lipinski definition) is 2. The number of halogens is 1. The lowest BCUT2D eigenvalue weighted by Gasteiger charge is -2.12. The van der Waals surface area contributed by atoms with Crippen LogP contribution in [0.1, 0.15) is 23.4 Å². The molecule has 0 spiro atoms. The van der Waals surface area contributed by atoms with Crippen LogP contribution in [0.15, 0.2) is 40.2 Å². The van der Waals surface area contributed by atoms with Gasteiger partial charge >= 0.3 is 0 Å². The standard InChI is InChI=1S/C19H29N5S.HI/c1-15-6-8-18(9-7-15)25-13-11-22-19(20-4)21-10-5-12-24-17(3)14-16(2)23-24;/h6-9,14H,5,10-13H2,1-4H3,(H2,20,21,22);1H. The fourth-order valence-electron chi connectivity index (χ4n) is 2.53. The van der Waals surface area contributed by atoms with E-state index >= 15 is 0 Å². The van der Waals surface area contributed by atoms with Gasteiger partial charge in [0.25, 0.3) is 0 Å². The third-order valence-electron chi connectivity index (χ3n) is 3.85. The molecular weight excluding hydrogens is 457 g/mol. The summed E-state index contributed by atoms with van der Waals surface area (Å²) in [4.78, 5) is 5.58. The number of aliphatic imine (C=N–C) groups is 1. The second-order valence-corrected chi connectivity index (χ2v) is 7.26. The van der Waals surface area contributed by atoms with E-state index in [-0.39, 0.29) is 24.0 Å². The Morgan fingerprint density at radius 1 is 1.12 bits per heavy atom. The van der Waals surface area contributed by atoms with E-state index in [2.05, 4.69) is 69.6 Å². The summed E-state index contributed by atoms with van der Waals surface area (Å²) >= 11 is 1.85. The summed E-state index contributed by atoms with van der Waals surface area (Å²) < 4.78 is 2.06. The van der Waals surface area contributed by atoms with Crippen molar-refractivity contribution >= 4 is 41.7 Å². The van der Waals surface area contributed by atoms with Crippen molar-refractivity contribution in [1.82, 2.24) is 20.4 Å². The second-order valence-electron chi connectivity index (χ2n) is 6.09. The number of aromatic nitrogens is 2. The normalized spacial score (nSPS) is 11.2. The van der Waals surface area contributed by atoms with Crippen molar-refractivity contribution in [3.63, 3.8) is 0 Å². The minimum atomic E-state index is 0. The molecule has 1 aromatic heterocycles. The monoisotopic (exact) mass is 487 g/mol. The fourth-order valence-corrected chi connectivity index (χ4v) is 3.30. The van der Waals surface area contributed by atoms with Crippen LogP contribution in [0.2, 0.25) is 0 Å². The average Bonchev–Trinajstić information content (AvgIpc) is 2.92. The van der Waals surface area contributed by atoms with Crippen molar-refractivity contribution in [3.8, 4) is 0 Å². The Bertz CT molecular complexity index is 682. The first-order chi connectivity index (χ1) is 12.1. The lowest BCUT2D eigenvalue weighted by molar-refractivity contribution is 0.555. The van der Waals surface area contributed by atoms with Crippen LogP contribution in [-0.2, 0) is 6.54 Å². The third kappa shape index (κ3) is 7.99. The van der Waals surface area contributed by atoms with Crippen molar-refractivity contribution in [2.45, 2.75) is 38.6 Å². The van der Waals surface area contributed by atoms with Gasteiger partial charge in [0.1, 0.15) is 0 Å². The number of nitrogens with zero attached hydrogens (tertiary/aromatic N) is 3. The molecule has 0 saturated carbocycles. The van der Waals surface area contributed by atoms with E-state index in [1.165, 1.54) is 16.2 Å². The fraction of sp³-hybridized carbons (Fsp3) is 0.474. The van der Waals surface area contributed by atoms with E-state index in [1.807, 2.05) is 25.7 Å². The van der Waals surface area contributed by atoms with Crippen LogP contribution in [0.25, 0.3) is 0 Å². The summed E-state index contributed by atoms with van der Waals surface area (Å²) in [5.74, 6) is 1.87. The summed E-state index contributed by atoms with van der Waals surface area (Å²) in [6, 6.07) is 10.8. The molecule has 0 aliphatic heterocycles. The molecule has 0 aliphatic carbocycles. The first kappa shape index (κ1) is 22.8. The molecule has 0 amide bonds. The van der Waals surface area contributed by atoms with E-state index in [1.54, 1.807) is 0 Å². The van der Waals surface area contributed by atoms with Crippen LogP contribution in [0.3, 0.4) is 0 Å². The van der Waals surface area contributed by atoms with Gasteiger partial charge < -0.3 is 10.6 Å². The Labute approximate surface area is 178 Å². The van der Waals surface area contributed by atoms with Crippen LogP contribution in [-0.4, -0.2) is 41.6 Å². The summed E-state index contributed by atoms with van der Waals surface area (Å²) in [6.45, 7) is 8.92. The molecule has 0 saturated heterocycles. The van der Waals surface area contributed by atoms with Gasteiger partial charge in [-0.15, -0.1) is 35.7 Å². The highest BCUT2D eigenvalue weighted by Gasteiger charge is 2.01. The van der Waals surface area contributed by atoms with Crippen molar-refractivity contribution in [2.75, 3.05) is 25.9 Å². The molecule has 0 fully saturated rings. The van der Waals surface area contributed by atoms with E-state index in [0.717, 1.165) is 43.5 Å². The molecule has 0 aliphatic rings. The molecule has 1 heterocycles. The van der Waals surface area contributed by atoms with Crippen molar-refractivity contribution in [2.24, 2.45) is 4.99 Å². The number of rotatable bonds is 8. The topological polar surface area (TPSA) is 54.2 Å². The zero-order chi connectivity index (χ0) is 18.1. The smallest absolute Gasteiger partial charge is 0.191 e. The van der Waals surface area contributed by atoms with Crippen LogP contribution < -0.4 is 10.6 Å². The first-order valence-corrected chi connectivity index (χ1v) is 9.72. The van der Waals surface area contributed by atoms with Gasteiger partial charge in [-0.1, -0.05) is 17.7 Å². The molecule has 2 N–H and O–H groups in total. The first-order valence-electron chi connectivity index (χ1n) is 8.73. The minimum Gasteiger partial charge on any atom is -0.356 e. The molecule has 2 rings (SSSR count). The Balaban J connectivity index is 0.00000338. The van der Waals surface area contributed by atoms with Gasteiger partial charge in [-0.3, -0.25) is 9.67 Å². The van der Waals surface area contributed by atoms with Crippen LogP contribution >= 0.6 is 35.7 Å². The van der Waals surface area contributed by atoms with E-state index < -0.39 is 0 Å². The molecule has 0 radical (unpaired) electrons. The van der Waals surface area contributed by atoms with Gasteiger partial charge in [0, 0.05) is 43.0 Å². The highest BCUT2D eigenvalue weighted by molar-refractivity contribution is 14.0. The van der Waals surface area contributed by atoms with E-state index in [0.29, 0.717) is 0 Å². The number of thioether (sulfide) groups is 1. The van der Waals surface area contributed by atoms with Crippen molar-refractivity contribution < 1.29 is 0 Å². The highest BCUT2D eigenvalue weighted by Crippen LogP contribution is 2.17. The van der Waals surface area contributed by atoms with Gasteiger partial charge in [-0.25, -0.2) is 0 Å².